The summed E-state index contributed by atoms with van der Waals surface area (Å²) < 4.78 is 24.3. The van der Waals surface area contributed by atoms with E-state index in [1.54, 1.807) is 37.4 Å². The molecular weight excluding hydrogens is 427 g/mol. The van der Waals surface area contributed by atoms with Crippen LogP contribution in [0.15, 0.2) is 42.5 Å². The van der Waals surface area contributed by atoms with Crippen molar-refractivity contribution in [2.75, 3.05) is 46.5 Å². The van der Waals surface area contributed by atoms with Crippen molar-refractivity contribution in [2.24, 2.45) is 5.92 Å². The smallest absolute Gasteiger partial charge is 0.291 e. The molecule has 0 radical (unpaired) electrons. The predicted octanol–water partition coefficient (Wildman–Crippen LogP) is 1.01. The van der Waals surface area contributed by atoms with Gasteiger partial charge in [-0.3, -0.25) is 14.4 Å². The molecule has 0 spiro atoms. The highest BCUT2D eigenvalue weighted by atomic mass is 19.1. The summed E-state index contributed by atoms with van der Waals surface area (Å²) in [5.41, 5.74) is 1.66. The first-order valence-electron chi connectivity index (χ1n) is 11.1. The Labute approximate surface area is 192 Å². The number of likely N-dealkylation sites (tertiary alicyclic amines) is 1. The van der Waals surface area contributed by atoms with Gasteiger partial charge >= 0.3 is 0 Å². The molecule has 2 aromatic carbocycles. The number of Topliss-reactive ketones (excluding diaryl/α,β-unsaturated/α-hetero) is 2. The van der Waals surface area contributed by atoms with Crippen LogP contribution in [0.25, 0.3) is 0 Å². The molecule has 2 aliphatic heterocycles. The molecule has 0 aliphatic carbocycles. The summed E-state index contributed by atoms with van der Waals surface area (Å²) in [7, 11) is 1.54. The molecular formula is C25H28FN2O5+. The van der Waals surface area contributed by atoms with Crippen molar-refractivity contribution >= 4 is 17.5 Å². The van der Waals surface area contributed by atoms with Gasteiger partial charge in [-0.25, -0.2) is 4.39 Å². The number of hydrogen-bond donors (Lipinski definition) is 1. The Morgan fingerprint density at radius 1 is 1.15 bits per heavy atom. The van der Waals surface area contributed by atoms with Crippen LogP contribution in [0.4, 0.5) is 4.39 Å². The minimum Gasteiger partial charge on any atom is -0.496 e. The maximum atomic E-state index is 13.6. The molecule has 8 heteroatoms. The number of ether oxygens (including phenoxy) is 2. The molecule has 7 nitrogen and oxygen atoms in total. The van der Waals surface area contributed by atoms with Gasteiger partial charge in [-0.2, -0.15) is 0 Å². The van der Waals surface area contributed by atoms with Crippen LogP contribution in [-0.2, 0) is 14.3 Å². The Morgan fingerprint density at radius 2 is 1.85 bits per heavy atom. The molecule has 2 saturated heterocycles. The number of nitrogens with zero attached hydrogens (tertiary/aromatic N) is 1. The van der Waals surface area contributed by atoms with E-state index in [1.807, 2.05) is 6.92 Å². The number of quaternary nitrogens is 1. The molecule has 4 rings (SSSR count). The fourth-order valence-electron chi connectivity index (χ4n) is 4.66. The molecule has 2 atom stereocenters. The predicted molar refractivity (Wildman–Crippen MR) is 118 cm³/mol. The fourth-order valence-corrected chi connectivity index (χ4v) is 4.66. The average Bonchev–Trinajstić information content (AvgIpc) is 3.08. The first kappa shape index (κ1) is 23.1. The Kier molecular flexibility index (Phi) is 6.85. The lowest BCUT2D eigenvalue weighted by molar-refractivity contribution is -0.907. The molecule has 174 valence electrons. The summed E-state index contributed by atoms with van der Waals surface area (Å²) in [6, 6.07) is 9.83. The monoisotopic (exact) mass is 455 g/mol. The topological polar surface area (TPSA) is 77.4 Å². The largest absolute Gasteiger partial charge is 0.496 e. The fraction of sp³-hybridized carbons (Fsp3) is 0.400. The number of hydrogen-bond acceptors (Lipinski definition) is 5. The number of ketones is 2. The van der Waals surface area contributed by atoms with E-state index in [2.05, 4.69) is 0 Å². The number of nitrogens with one attached hydrogen (secondary N) is 1. The van der Waals surface area contributed by atoms with E-state index in [0.717, 1.165) is 18.7 Å². The Morgan fingerprint density at radius 3 is 2.48 bits per heavy atom. The van der Waals surface area contributed by atoms with Crippen LogP contribution in [0.1, 0.15) is 27.5 Å². The van der Waals surface area contributed by atoms with Crippen LogP contribution >= 0.6 is 0 Å². The number of carbonyl (C=O) groups excluding carboxylic acids is 3. The van der Waals surface area contributed by atoms with Crippen molar-refractivity contribution in [3.05, 3.63) is 65.0 Å². The minimum absolute atomic E-state index is 0.327. The molecule has 2 aromatic rings. The lowest BCUT2D eigenvalue weighted by Crippen LogP contribution is -3.14. The van der Waals surface area contributed by atoms with Gasteiger partial charge in [-0.15, -0.1) is 0 Å². The number of aryl methyl sites for hydroxylation is 1. The number of amides is 1. The van der Waals surface area contributed by atoms with E-state index in [1.165, 1.54) is 21.9 Å². The molecule has 2 heterocycles. The summed E-state index contributed by atoms with van der Waals surface area (Å²) in [6.45, 7) is 5.74. The van der Waals surface area contributed by atoms with Gasteiger partial charge in [0.25, 0.3) is 5.91 Å². The summed E-state index contributed by atoms with van der Waals surface area (Å²) in [5.74, 6) is -2.79. The Bertz CT molecular complexity index is 1050. The number of methoxy groups -OCH3 is 1. The van der Waals surface area contributed by atoms with E-state index in [0.29, 0.717) is 43.2 Å². The molecule has 1 N–H and O–H groups in total. The van der Waals surface area contributed by atoms with Crippen LogP contribution < -0.4 is 9.64 Å². The number of halogens is 1. The van der Waals surface area contributed by atoms with Crippen LogP contribution in [0.5, 0.6) is 5.75 Å². The van der Waals surface area contributed by atoms with Gasteiger partial charge in [0.05, 0.1) is 39.5 Å². The number of benzene rings is 2. The van der Waals surface area contributed by atoms with Gasteiger partial charge in [-0.05, 0) is 48.4 Å². The summed E-state index contributed by atoms with van der Waals surface area (Å²) in [6.07, 6.45) is 0. The van der Waals surface area contributed by atoms with Crippen molar-refractivity contribution in [1.82, 2.24) is 4.90 Å². The van der Waals surface area contributed by atoms with Crippen molar-refractivity contribution in [2.45, 2.75) is 13.0 Å². The first-order chi connectivity index (χ1) is 15.9. The highest BCUT2D eigenvalue weighted by molar-refractivity contribution is 6.44. The quantitative estimate of drug-likeness (QED) is 0.383. The maximum Gasteiger partial charge on any atom is 0.291 e. The van der Waals surface area contributed by atoms with Gasteiger partial charge < -0.3 is 19.3 Å². The van der Waals surface area contributed by atoms with Crippen molar-refractivity contribution in [3.8, 4) is 5.75 Å². The minimum atomic E-state index is -1.18. The van der Waals surface area contributed by atoms with Gasteiger partial charge in [-0.1, -0.05) is 12.1 Å². The average molecular weight is 456 g/mol. The van der Waals surface area contributed by atoms with Crippen molar-refractivity contribution in [1.29, 1.82) is 0 Å². The van der Waals surface area contributed by atoms with Crippen molar-refractivity contribution in [3.63, 3.8) is 0 Å². The Hall–Kier alpha value is -3.10. The maximum absolute atomic E-state index is 13.6. The summed E-state index contributed by atoms with van der Waals surface area (Å²) in [4.78, 5) is 42.4. The van der Waals surface area contributed by atoms with E-state index in [4.69, 9.17) is 9.47 Å². The van der Waals surface area contributed by atoms with Gasteiger partial charge in [0, 0.05) is 5.56 Å². The second-order valence-corrected chi connectivity index (χ2v) is 8.50. The van der Waals surface area contributed by atoms with Crippen LogP contribution in [0, 0.1) is 18.7 Å². The van der Waals surface area contributed by atoms with Crippen LogP contribution in [0.3, 0.4) is 0 Å². The van der Waals surface area contributed by atoms with Gasteiger partial charge in [0.15, 0.2) is 5.78 Å². The van der Waals surface area contributed by atoms with E-state index in [9.17, 15) is 18.8 Å². The van der Waals surface area contributed by atoms with Gasteiger partial charge in [0.2, 0.25) is 5.78 Å². The lowest BCUT2D eigenvalue weighted by atomic mass is 9.86. The molecule has 0 saturated carbocycles. The SMILES string of the molecule is COc1ccc(C(=O)C2C(=O)C(=O)N(CC[NH+]3CCOCC3)C2c2ccc(F)cc2)cc1C. The highest BCUT2D eigenvalue weighted by Gasteiger charge is 2.51. The number of rotatable bonds is 7. The molecule has 1 amide bonds. The third-order valence-electron chi connectivity index (χ3n) is 6.49. The molecule has 0 aromatic heterocycles. The second kappa shape index (κ2) is 9.80. The highest BCUT2D eigenvalue weighted by Crippen LogP contribution is 2.38. The third kappa shape index (κ3) is 4.67. The molecule has 2 fully saturated rings. The summed E-state index contributed by atoms with van der Waals surface area (Å²) >= 11 is 0. The second-order valence-electron chi connectivity index (χ2n) is 8.50. The third-order valence-corrected chi connectivity index (χ3v) is 6.49. The molecule has 2 unspecified atom stereocenters. The molecule has 33 heavy (non-hydrogen) atoms. The van der Waals surface area contributed by atoms with E-state index < -0.39 is 35.3 Å². The standard InChI is InChI=1S/C25H27FN2O5/c1-16-15-18(5-8-20(16)32-2)23(29)21-22(17-3-6-19(26)7-4-17)28(25(31)24(21)30)10-9-27-11-13-33-14-12-27/h3-8,15,21-22H,9-14H2,1-2H3/p+1. The van der Waals surface area contributed by atoms with Crippen molar-refractivity contribution < 1.29 is 33.1 Å². The summed E-state index contributed by atoms with van der Waals surface area (Å²) in [5, 5.41) is 0. The molecule has 0 bridgehead atoms. The first-order valence-corrected chi connectivity index (χ1v) is 11.1. The number of carbonyl (C=O) groups is 3. The van der Waals surface area contributed by atoms with Crippen LogP contribution in [0.2, 0.25) is 0 Å². The van der Waals surface area contributed by atoms with E-state index >= 15 is 0 Å². The normalized spacial score (nSPS) is 21.5. The lowest BCUT2D eigenvalue weighted by Gasteiger charge is -2.30. The molecule has 2 aliphatic rings. The zero-order valence-corrected chi connectivity index (χ0v) is 18.8. The Balaban J connectivity index is 1.67. The number of morpholine rings is 1. The van der Waals surface area contributed by atoms with E-state index in [-0.39, 0.29) is 0 Å². The van der Waals surface area contributed by atoms with Crippen LogP contribution in [-0.4, -0.2) is 68.9 Å². The van der Waals surface area contributed by atoms with Gasteiger partial charge in [0.1, 0.15) is 30.6 Å². The zero-order chi connectivity index (χ0) is 23.5. The zero-order valence-electron chi connectivity index (χ0n) is 18.8.